The Balaban J connectivity index is 2.23. The van der Waals surface area contributed by atoms with Crippen molar-refractivity contribution in [1.82, 2.24) is 0 Å². The van der Waals surface area contributed by atoms with E-state index in [1.54, 1.807) is 18.2 Å². The number of nitrogen functional groups attached to an aromatic ring is 1. The van der Waals surface area contributed by atoms with Gasteiger partial charge >= 0.3 is 0 Å². The summed E-state index contributed by atoms with van der Waals surface area (Å²) in [5, 5.41) is 2.89. The van der Waals surface area contributed by atoms with E-state index in [1.165, 1.54) is 0 Å². The average molecular weight is 431 g/mol. The van der Waals surface area contributed by atoms with E-state index >= 15 is 0 Å². The number of carbonyl (C=O) groups excluding carboxylic acids is 1. The maximum Gasteiger partial charge on any atom is 0.255 e. The molecule has 0 heterocycles. The van der Waals surface area contributed by atoms with Crippen molar-refractivity contribution in [2.45, 2.75) is 6.92 Å². The van der Waals surface area contributed by atoms with Crippen LogP contribution in [-0.4, -0.2) is 5.91 Å². The molecule has 0 bridgehead atoms. The number of halogens is 2. The highest BCUT2D eigenvalue weighted by molar-refractivity contribution is 14.1. The molecule has 3 N–H and O–H groups in total. The summed E-state index contributed by atoms with van der Waals surface area (Å²) in [6, 6.07) is 11.0. The molecule has 1 amide bonds. The molecule has 0 aliphatic heterocycles. The Labute approximate surface area is 133 Å². The highest BCUT2D eigenvalue weighted by atomic mass is 127. The predicted octanol–water partition coefficient (Wildman–Crippen LogP) is 4.20. The van der Waals surface area contributed by atoms with E-state index < -0.39 is 0 Å². The van der Waals surface area contributed by atoms with Crippen molar-refractivity contribution in [3.8, 4) is 0 Å². The summed E-state index contributed by atoms with van der Waals surface area (Å²) in [5.74, 6) is -0.163. The van der Waals surface area contributed by atoms with Crippen LogP contribution in [0.2, 0.25) is 0 Å². The number of hydrogen-bond donors (Lipinski definition) is 2. The molecule has 5 heteroatoms. The van der Waals surface area contributed by atoms with E-state index in [9.17, 15) is 4.79 Å². The largest absolute Gasteiger partial charge is 0.398 e. The summed E-state index contributed by atoms with van der Waals surface area (Å²) < 4.78 is 1.93. The first-order valence-corrected chi connectivity index (χ1v) is 7.47. The summed E-state index contributed by atoms with van der Waals surface area (Å²) >= 11 is 5.55. The number of amides is 1. The molecule has 0 atom stereocenters. The fraction of sp³-hybridized carbons (Fsp3) is 0.0714. The molecule has 0 radical (unpaired) electrons. The first kappa shape index (κ1) is 14.3. The van der Waals surface area contributed by atoms with Gasteiger partial charge in [-0.15, -0.1) is 0 Å². The zero-order chi connectivity index (χ0) is 14.0. The number of benzene rings is 2. The number of hydrogen-bond acceptors (Lipinski definition) is 2. The topological polar surface area (TPSA) is 55.1 Å². The van der Waals surface area contributed by atoms with E-state index in [2.05, 4.69) is 43.8 Å². The normalized spacial score (nSPS) is 10.3. The standard InChI is InChI=1S/C14H12BrIN2O/c1-8-6-10(16)3-5-13(8)18-14(19)9-2-4-11(15)12(17)7-9/h2-7H,17H2,1H3,(H,18,19). The van der Waals surface area contributed by atoms with Gasteiger partial charge in [0, 0.05) is 25.0 Å². The van der Waals surface area contributed by atoms with E-state index in [0.717, 1.165) is 19.3 Å². The van der Waals surface area contributed by atoms with Crippen LogP contribution in [0.3, 0.4) is 0 Å². The van der Waals surface area contributed by atoms with Crippen LogP contribution >= 0.6 is 38.5 Å². The molecule has 98 valence electrons. The van der Waals surface area contributed by atoms with Gasteiger partial charge in [-0.1, -0.05) is 0 Å². The predicted molar refractivity (Wildman–Crippen MR) is 90.4 cm³/mol. The van der Waals surface area contributed by atoms with Crippen LogP contribution < -0.4 is 11.1 Å². The van der Waals surface area contributed by atoms with Gasteiger partial charge < -0.3 is 11.1 Å². The summed E-state index contributed by atoms with van der Waals surface area (Å²) in [4.78, 5) is 12.1. The van der Waals surface area contributed by atoms with Gasteiger partial charge in [-0.2, -0.15) is 0 Å². The van der Waals surface area contributed by atoms with Crippen LogP contribution in [0.5, 0.6) is 0 Å². The number of aryl methyl sites for hydroxylation is 1. The molecule has 0 aromatic heterocycles. The van der Waals surface area contributed by atoms with Crippen LogP contribution in [0.15, 0.2) is 40.9 Å². The molecule has 0 aliphatic rings. The molecule has 0 unspecified atom stereocenters. The van der Waals surface area contributed by atoms with Crippen LogP contribution in [0.1, 0.15) is 15.9 Å². The molecule has 2 aromatic carbocycles. The number of nitrogens with two attached hydrogens (primary N) is 1. The highest BCUT2D eigenvalue weighted by Gasteiger charge is 2.09. The average Bonchev–Trinajstić information content (AvgIpc) is 2.36. The third kappa shape index (κ3) is 3.48. The second-order valence-electron chi connectivity index (χ2n) is 4.15. The zero-order valence-electron chi connectivity index (χ0n) is 10.2. The molecular weight excluding hydrogens is 419 g/mol. The van der Waals surface area contributed by atoms with Crippen LogP contribution in [-0.2, 0) is 0 Å². The lowest BCUT2D eigenvalue weighted by molar-refractivity contribution is 0.102. The molecule has 0 spiro atoms. The number of carbonyl (C=O) groups is 1. The number of rotatable bonds is 2. The van der Waals surface area contributed by atoms with Crippen LogP contribution in [0.4, 0.5) is 11.4 Å². The molecule has 19 heavy (non-hydrogen) atoms. The van der Waals surface area contributed by atoms with Gasteiger partial charge in [0.15, 0.2) is 0 Å². The van der Waals surface area contributed by atoms with Gasteiger partial charge in [-0.3, -0.25) is 4.79 Å². The van der Waals surface area contributed by atoms with Gasteiger partial charge in [0.25, 0.3) is 5.91 Å². The Morgan fingerprint density at radius 1 is 1.26 bits per heavy atom. The maximum atomic E-state index is 12.1. The van der Waals surface area contributed by atoms with Crippen LogP contribution in [0, 0.1) is 10.5 Å². The van der Waals surface area contributed by atoms with E-state index in [1.807, 2.05) is 25.1 Å². The summed E-state index contributed by atoms with van der Waals surface area (Å²) in [5.41, 5.74) is 8.71. The first-order chi connectivity index (χ1) is 8.97. The Bertz CT molecular complexity index is 643. The minimum Gasteiger partial charge on any atom is -0.398 e. The van der Waals surface area contributed by atoms with E-state index in [-0.39, 0.29) is 5.91 Å². The molecule has 0 fully saturated rings. The van der Waals surface area contributed by atoms with Crippen molar-refractivity contribution in [1.29, 1.82) is 0 Å². The highest BCUT2D eigenvalue weighted by Crippen LogP contribution is 2.22. The Kier molecular flexibility index (Phi) is 4.46. The van der Waals surface area contributed by atoms with Gasteiger partial charge in [-0.25, -0.2) is 0 Å². The maximum absolute atomic E-state index is 12.1. The molecule has 3 nitrogen and oxygen atoms in total. The molecule has 2 rings (SSSR count). The second-order valence-corrected chi connectivity index (χ2v) is 6.25. The molecular formula is C14H12BrIN2O. The smallest absolute Gasteiger partial charge is 0.255 e. The summed E-state index contributed by atoms with van der Waals surface area (Å²) in [6.07, 6.45) is 0. The number of anilines is 2. The second kappa shape index (κ2) is 5.92. The lowest BCUT2D eigenvalue weighted by Crippen LogP contribution is -2.13. The van der Waals surface area contributed by atoms with Crippen molar-refractivity contribution in [3.63, 3.8) is 0 Å². The summed E-state index contributed by atoms with van der Waals surface area (Å²) in [7, 11) is 0. The minimum atomic E-state index is -0.163. The fourth-order valence-electron chi connectivity index (χ4n) is 1.65. The molecule has 0 saturated carbocycles. The third-order valence-electron chi connectivity index (χ3n) is 2.69. The van der Waals surface area contributed by atoms with Crippen molar-refractivity contribution >= 4 is 55.8 Å². The lowest BCUT2D eigenvalue weighted by atomic mass is 10.1. The van der Waals surface area contributed by atoms with Crippen molar-refractivity contribution in [3.05, 3.63) is 55.6 Å². The quantitative estimate of drug-likeness (QED) is 0.554. The monoisotopic (exact) mass is 430 g/mol. The minimum absolute atomic E-state index is 0.163. The van der Waals surface area contributed by atoms with Crippen molar-refractivity contribution in [2.24, 2.45) is 0 Å². The van der Waals surface area contributed by atoms with Crippen molar-refractivity contribution < 1.29 is 4.79 Å². The molecule has 0 aliphatic carbocycles. The van der Waals surface area contributed by atoms with Crippen LogP contribution in [0.25, 0.3) is 0 Å². The Hall–Kier alpha value is -1.08. The summed E-state index contributed by atoms with van der Waals surface area (Å²) in [6.45, 7) is 1.97. The Morgan fingerprint density at radius 3 is 2.63 bits per heavy atom. The zero-order valence-corrected chi connectivity index (χ0v) is 13.9. The Morgan fingerprint density at radius 2 is 2.00 bits per heavy atom. The van der Waals surface area contributed by atoms with Gasteiger partial charge in [0.05, 0.1) is 0 Å². The lowest BCUT2D eigenvalue weighted by Gasteiger charge is -2.09. The fourth-order valence-corrected chi connectivity index (χ4v) is 2.54. The van der Waals surface area contributed by atoms with Crippen molar-refractivity contribution in [2.75, 3.05) is 11.1 Å². The first-order valence-electron chi connectivity index (χ1n) is 5.60. The van der Waals surface area contributed by atoms with Gasteiger partial charge in [0.2, 0.25) is 0 Å². The molecule has 0 saturated heterocycles. The third-order valence-corrected chi connectivity index (χ3v) is 4.09. The van der Waals surface area contributed by atoms with E-state index in [4.69, 9.17) is 5.73 Å². The van der Waals surface area contributed by atoms with Gasteiger partial charge in [0.1, 0.15) is 0 Å². The molecule has 2 aromatic rings. The number of nitrogens with one attached hydrogen (secondary N) is 1. The van der Waals surface area contributed by atoms with Gasteiger partial charge in [-0.05, 0) is 87.4 Å². The van der Waals surface area contributed by atoms with E-state index in [0.29, 0.717) is 11.3 Å². The SMILES string of the molecule is Cc1cc(I)ccc1NC(=O)c1ccc(Br)c(N)c1.